The molecule has 0 bridgehead atoms. The lowest BCUT2D eigenvalue weighted by Gasteiger charge is -2.27. The minimum absolute atomic E-state index is 0.0649. The highest BCUT2D eigenvalue weighted by Crippen LogP contribution is 2.22. The lowest BCUT2D eigenvalue weighted by molar-refractivity contribution is 0.0644. The van der Waals surface area contributed by atoms with E-state index >= 15 is 0 Å². The van der Waals surface area contributed by atoms with E-state index in [0.717, 1.165) is 0 Å². The van der Waals surface area contributed by atoms with E-state index < -0.39 is 15.9 Å². The molecule has 1 amide bonds. The molecule has 1 unspecified atom stereocenters. The third kappa shape index (κ3) is 3.18. The Labute approximate surface area is 123 Å². The summed E-state index contributed by atoms with van der Waals surface area (Å²) in [7, 11) is -3.12. The second kappa shape index (κ2) is 6.02. The number of nitrogens with zero attached hydrogens (tertiary/aromatic N) is 3. The van der Waals surface area contributed by atoms with Crippen LogP contribution in [0, 0.1) is 0 Å². The standard InChI is InChI=1S/C12H20N4O4S/c1-2-16-11(10(13)7-14-16)12(18)15(4-5-17)9-3-6-21(19,20)8-9/h7,9,17H,2-6,8,13H2,1H3. The van der Waals surface area contributed by atoms with Crippen LogP contribution >= 0.6 is 0 Å². The average molecular weight is 316 g/mol. The fourth-order valence-electron chi connectivity index (χ4n) is 2.59. The van der Waals surface area contributed by atoms with Gasteiger partial charge in [-0.15, -0.1) is 0 Å². The quantitative estimate of drug-likeness (QED) is 0.727. The zero-order valence-corrected chi connectivity index (χ0v) is 12.7. The molecule has 2 rings (SSSR count). The number of nitrogen functional groups attached to an aromatic ring is 1. The molecule has 3 N–H and O–H groups in total. The van der Waals surface area contributed by atoms with E-state index in [1.165, 1.54) is 15.8 Å². The van der Waals surface area contributed by atoms with Crippen LogP contribution in [-0.4, -0.2) is 64.8 Å². The van der Waals surface area contributed by atoms with Crippen LogP contribution in [0.5, 0.6) is 0 Å². The summed E-state index contributed by atoms with van der Waals surface area (Å²) in [6.07, 6.45) is 1.79. The smallest absolute Gasteiger partial charge is 0.274 e. The van der Waals surface area contributed by atoms with Crippen LogP contribution in [0.25, 0.3) is 0 Å². The molecular formula is C12H20N4O4S. The van der Waals surface area contributed by atoms with E-state index in [1.807, 2.05) is 6.92 Å². The van der Waals surface area contributed by atoms with Crippen molar-refractivity contribution in [3.05, 3.63) is 11.9 Å². The largest absolute Gasteiger partial charge is 0.396 e. The van der Waals surface area contributed by atoms with Gasteiger partial charge in [0.15, 0.2) is 9.84 Å². The van der Waals surface area contributed by atoms with Gasteiger partial charge in [-0.3, -0.25) is 9.48 Å². The van der Waals surface area contributed by atoms with Crippen molar-refractivity contribution in [3.8, 4) is 0 Å². The monoisotopic (exact) mass is 316 g/mol. The number of aryl methyl sites for hydroxylation is 1. The lowest BCUT2D eigenvalue weighted by atomic mass is 10.2. The number of aliphatic hydroxyl groups excluding tert-OH is 1. The zero-order chi connectivity index (χ0) is 15.6. The summed E-state index contributed by atoms with van der Waals surface area (Å²) in [5.41, 5.74) is 6.29. The normalized spacial score (nSPS) is 20.6. The maximum Gasteiger partial charge on any atom is 0.274 e. The number of anilines is 1. The minimum atomic E-state index is -3.12. The number of amides is 1. The van der Waals surface area contributed by atoms with Crippen LogP contribution < -0.4 is 5.73 Å². The van der Waals surface area contributed by atoms with Gasteiger partial charge in [-0.05, 0) is 13.3 Å². The van der Waals surface area contributed by atoms with Crippen LogP contribution in [-0.2, 0) is 16.4 Å². The Hall–Kier alpha value is -1.61. The van der Waals surface area contributed by atoms with Crippen LogP contribution in [0.2, 0.25) is 0 Å². The Morgan fingerprint density at radius 1 is 1.62 bits per heavy atom. The second-order valence-electron chi connectivity index (χ2n) is 5.04. The van der Waals surface area contributed by atoms with Gasteiger partial charge >= 0.3 is 0 Å². The van der Waals surface area contributed by atoms with Crippen molar-refractivity contribution in [1.29, 1.82) is 0 Å². The van der Waals surface area contributed by atoms with Crippen molar-refractivity contribution in [2.45, 2.75) is 25.9 Å². The summed E-state index contributed by atoms with van der Waals surface area (Å²) < 4.78 is 24.7. The van der Waals surface area contributed by atoms with E-state index in [9.17, 15) is 18.3 Å². The van der Waals surface area contributed by atoms with Gasteiger partial charge in [0, 0.05) is 19.1 Å². The molecule has 1 saturated heterocycles. The Morgan fingerprint density at radius 2 is 2.33 bits per heavy atom. The molecule has 0 aromatic carbocycles. The van der Waals surface area contributed by atoms with Gasteiger partial charge in [-0.2, -0.15) is 5.10 Å². The van der Waals surface area contributed by atoms with E-state index in [4.69, 9.17) is 5.73 Å². The van der Waals surface area contributed by atoms with Gasteiger partial charge in [-0.1, -0.05) is 0 Å². The fourth-order valence-corrected chi connectivity index (χ4v) is 4.32. The number of rotatable bonds is 5. The third-order valence-corrected chi connectivity index (χ3v) is 5.37. The summed E-state index contributed by atoms with van der Waals surface area (Å²) in [6, 6.07) is -0.422. The maximum absolute atomic E-state index is 12.7. The molecule has 21 heavy (non-hydrogen) atoms. The molecule has 1 aliphatic rings. The molecule has 1 atom stereocenters. The number of aliphatic hydroxyl groups is 1. The van der Waals surface area contributed by atoms with Gasteiger partial charge in [-0.25, -0.2) is 8.42 Å². The first-order valence-corrected chi connectivity index (χ1v) is 8.65. The first-order valence-electron chi connectivity index (χ1n) is 6.83. The third-order valence-electron chi connectivity index (χ3n) is 3.62. The van der Waals surface area contributed by atoms with Crippen LogP contribution in [0.3, 0.4) is 0 Å². The van der Waals surface area contributed by atoms with Gasteiger partial charge < -0.3 is 15.7 Å². The fraction of sp³-hybridized carbons (Fsp3) is 0.667. The highest BCUT2D eigenvalue weighted by Gasteiger charge is 2.36. The summed E-state index contributed by atoms with van der Waals surface area (Å²) in [6.45, 7) is 2.16. The highest BCUT2D eigenvalue weighted by atomic mass is 32.2. The molecular weight excluding hydrogens is 296 g/mol. The summed E-state index contributed by atoms with van der Waals surface area (Å²) in [5, 5.41) is 13.2. The molecule has 1 fully saturated rings. The number of aromatic nitrogens is 2. The first-order chi connectivity index (χ1) is 9.89. The predicted octanol–water partition coefficient (Wildman–Crippen LogP) is -0.893. The molecule has 1 aromatic rings. The Balaban J connectivity index is 2.30. The number of hydrogen-bond acceptors (Lipinski definition) is 6. The topological polar surface area (TPSA) is 119 Å². The van der Waals surface area contributed by atoms with E-state index in [0.29, 0.717) is 13.0 Å². The molecule has 0 saturated carbocycles. The summed E-state index contributed by atoms with van der Waals surface area (Å²) in [4.78, 5) is 14.1. The van der Waals surface area contributed by atoms with Crippen LogP contribution in [0.15, 0.2) is 6.20 Å². The Bertz CT molecular complexity index is 625. The molecule has 8 nitrogen and oxygen atoms in total. The predicted molar refractivity (Wildman–Crippen MR) is 77.5 cm³/mol. The van der Waals surface area contributed by atoms with Crippen LogP contribution in [0.1, 0.15) is 23.8 Å². The molecule has 2 heterocycles. The maximum atomic E-state index is 12.7. The minimum Gasteiger partial charge on any atom is -0.396 e. The van der Waals surface area contributed by atoms with Crippen molar-refractivity contribution < 1.29 is 18.3 Å². The zero-order valence-electron chi connectivity index (χ0n) is 11.9. The van der Waals surface area contributed by atoms with Crippen molar-refractivity contribution >= 4 is 21.4 Å². The molecule has 0 spiro atoms. The van der Waals surface area contributed by atoms with Crippen molar-refractivity contribution in [2.75, 3.05) is 30.4 Å². The highest BCUT2D eigenvalue weighted by molar-refractivity contribution is 7.91. The molecule has 1 aromatic heterocycles. The molecule has 9 heteroatoms. The molecule has 0 aliphatic carbocycles. The van der Waals surface area contributed by atoms with E-state index in [2.05, 4.69) is 5.10 Å². The first kappa shape index (κ1) is 15.8. The van der Waals surface area contributed by atoms with Crippen LogP contribution in [0.4, 0.5) is 5.69 Å². The summed E-state index contributed by atoms with van der Waals surface area (Å²) in [5.74, 6) is -0.392. The van der Waals surface area contributed by atoms with Gasteiger partial charge in [0.05, 0.1) is 30.0 Å². The summed E-state index contributed by atoms with van der Waals surface area (Å²) >= 11 is 0. The average Bonchev–Trinajstić information content (AvgIpc) is 2.97. The van der Waals surface area contributed by atoms with E-state index in [-0.39, 0.29) is 41.9 Å². The number of carbonyl (C=O) groups is 1. The molecule has 1 aliphatic heterocycles. The number of carbonyl (C=O) groups excluding carboxylic acids is 1. The SMILES string of the molecule is CCn1ncc(N)c1C(=O)N(CCO)C1CCS(=O)(=O)C1. The number of hydrogen-bond donors (Lipinski definition) is 2. The van der Waals surface area contributed by atoms with Gasteiger partial charge in [0.1, 0.15) is 5.69 Å². The van der Waals surface area contributed by atoms with Gasteiger partial charge in [0.25, 0.3) is 5.91 Å². The van der Waals surface area contributed by atoms with Crippen molar-refractivity contribution in [2.24, 2.45) is 0 Å². The number of sulfone groups is 1. The number of nitrogens with two attached hydrogens (primary N) is 1. The van der Waals surface area contributed by atoms with Crippen molar-refractivity contribution in [1.82, 2.24) is 14.7 Å². The van der Waals surface area contributed by atoms with Crippen molar-refractivity contribution in [3.63, 3.8) is 0 Å². The second-order valence-corrected chi connectivity index (χ2v) is 7.27. The Kier molecular flexibility index (Phi) is 4.52. The molecule has 118 valence electrons. The lowest BCUT2D eigenvalue weighted by Crippen LogP contribution is -2.43. The molecule has 0 radical (unpaired) electrons. The van der Waals surface area contributed by atoms with Gasteiger partial charge in [0.2, 0.25) is 0 Å². The Morgan fingerprint density at radius 3 is 2.86 bits per heavy atom. The van der Waals surface area contributed by atoms with E-state index in [1.54, 1.807) is 0 Å².